The third-order valence-electron chi connectivity index (χ3n) is 5.04. The van der Waals surface area contributed by atoms with Gasteiger partial charge in [0.15, 0.2) is 0 Å². The molecule has 5 nitrogen and oxygen atoms in total. The van der Waals surface area contributed by atoms with Crippen LogP contribution in [-0.4, -0.2) is 29.0 Å². The number of anilines is 1. The second kappa shape index (κ2) is 8.51. The van der Waals surface area contributed by atoms with Crippen molar-refractivity contribution in [1.29, 1.82) is 0 Å². The summed E-state index contributed by atoms with van der Waals surface area (Å²) in [5.41, 5.74) is 1.32. The van der Waals surface area contributed by atoms with E-state index in [0.29, 0.717) is 0 Å². The van der Waals surface area contributed by atoms with Crippen LogP contribution in [0.4, 0.5) is 5.95 Å². The normalized spacial score (nSPS) is 16.8. The van der Waals surface area contributed by atoms with Crippen molar-refractivity contribution in [3.8, 4) is 0 Å². The molecule has 1 aromatic heterocycles. The fraction of sp³-hybridized carbons (Fsp3) is 0.500. The SMILES string of the molecule is CC(C)(C)CC(NC(=O)C1CCN(c2ncccn2)CC1)c1ccccc1. The number of benzene rings is 1. The van der Waals surface area contributed by atoms with E-state index in [0.717, 1.165) is 38.3 Å². The number of hydrogen-bond donors (Lipinski definition) is 1. The van der Waals surface area contributed by atoms with Gasteiger partial charge in [-0.2, -0.15) is 0 Å². The summed E-state index contributed by atoms with van der Waals surface area (Å²) in [5, 5.41) is 3.33. The Labute approximate surface area is 162 Å². The minimum atomic E-state index is 0.0502. The van der Waals surface area contributed by atoms with Gasteiger partial charge in [-0.15, -0.1) is 0 Å². The van der Waals surface area contributed by atoms with Gasteiger partial charge in [0, 0.05) is 31.4 Å². The molecule has 1 fully saturated rings. The van der Waals surface area contributed by atoms with Gasteiger partial charge in [0.2, 0.25) is 11.9 Å². The minimum absolute atomic E-state index is 0.0502. The van der Waals surface area contributed by atoms with E-state index in [4.69, 9.17) is 0 Å². The summed E-state index contributed by atoms with van der Waals surface area (Å²) in [5.74, 6) is 0.976. The number of piperidine rings is 1. The lowest BCUT2D eigenvalue weighted by Gasteiger charge is -2.33. The molecule has 1 saturated heterocycles. The molecule has 27 heavy (non-hydrogen) atoms. The third kappa shape index (κ3) is 5.52. The Morgan fingerprint density at radius 1 is 1.11 bits per heavy atom. The molecule has 0 radical (unpaired) electrons. The van der Waals surface area contributed by atoms with Gasteiger partial charge >= 0.3 is 0 Å². The highest BCUT2D eigenvalue weighted by Gasteiger charge is 2.29. The van der Waals surface area contributed by atoms with Gasteiger partial charge in [0.25, 0.3) is 0 Å². The van der Waals surface area contributed by atoms with Crippen LogP contribution in [0.3, 0.4) is 0 Å². The van der Waals surface area contributed by atoms with E-state index in [1.54, 1.807) is 12.4 Å². The number of nitrogens with zero attached hydrogens (tertiary/aromatic N) is 3. The first-order valence-electron chi connectivity index (χ1n) is 9.80. The monoisotopic (exact) mass is 366 g/mol. The maximum Gasteiger partial charge on any atom is 0.225 e. The van der Waals surface area contributed by atoms with Crippen molar-refractivity contribution in [3.05, 3.63) is 54.4 Å². The molecule has 5 heteroatoms. The molecular weight excluding hydrogens is 336 g/mol. The molecule has 1 aliphatic rings. The van der Waals surface area contributed by atoms with Gasteiger partial charge in [-0.3, -0.25) is 4.79 Å². The van der Waals surface area contributed by atoms with E-state index < -0.39 is 0 Å². The largest absolute Gasteiger partial charge is 0.349 e. The average Bonchev–Trinajstić information content (AvgIpc) is 2.68. The summed E-state index contributed by atoms with van der Waals surface area (Å²) >= 11 is 0. The quantitative estimate of drug-likeness (QED) is 0.869. The standard InChI is InChI=1S/C22H30N4O/c1-22(2,3)16-19(17-8-5-4-6-9-17)25-20(27)18-10-14-26(15-11-18)21-23-12-7-13-24-21/h4-9,12-13,18-19H,10-11,14-16H2,1-3H3,(H,25,27). The van der Waals surface area contributed by atoms with Crippen molar-refractivity contribution < 1.29 is 4.79 Å². The zero-order valence-corrected chi connectivity index (χ0v) is 16.6. The van der Waals surface area contributed by atoms with Crippen LogP contribution in [0.2, 0.25) is 0 Å². The van der Waals surface area contributed by atoms with Gasteiger partial charge in [0.1, 0.15) is 0 Å². The highest BCUT2D eigenvalue weighted by molar-refractivity contribution is 5.79. The Bertz CT molecular complexity index is 719. The van der Waals surface area contributed by atoms with E-state index >= 15 is 0 Å². The van der Waals surface area contributed by atoms with Crippen LogP contribution in [0.5, 0.6) is 0 Å². The zero-order chi connectivity index (χ0) is 19.3. The summed E-state index contributed by atoms with van der Waals surface area (Å²) in [4.78, 5) is 23.7. The fourth-order valence-corrected chi connectivity index (χ4v) is 3.64. The summed E-state index contributed by atoms with van der Waals surface area (Å²) in [6.07, 6.45) is 6.11. The van der Waals surface area contributed by atoms with Gasteiger partial charge in [0.05, 0.1) is 6.04 Å². The Hall–Kier alpha value is -2.43. The molecule has 0 spiro atoms. The van der Waals surface area contributed by atoms with E-state index in [2.05, 4.69) is 53.1 Å². The number of hydrogen-bond acceptors (Lipinski definition) is 4. The number of rotatable bonds is 5. The van der Waals surface area contributed by atoms with E-state index in [1.807, 2.05) is 24.3 Å². The predicted octanol–water partition coefficient (Wildman–Crippen LogP) is 3.99. The lowest BCUT2D eigenvalue weighted by molar-refractivity contribution is -0.126. The second-order valence-corrected chi connectivity index (χ2v) is 8.55. The average molecular weight is 367 g/mol. The number of aromatic nitrogens is 2. The van der Waals surface area contributed by atoms with Crippen LogP contribution < -0.4 is 10.2 Å². The Morgan fingerprint density at radius 2 is 1.74 bits per heavy atom. The van der Waals surface area contributed by atoms with E-state index in [-0.39, 0.29) is 23.3 Å². The molecule has 1 N–H and O–H groups in total. The molecule has 1 aromatic carbocycles. The highest BCUT2D eigenvalue weighted by atomic mass is 16.1. The highest BCUT2D eigenvalue weighted by Crippen LogP contribution is 2.30. The number of carbonyl (C=O) groups is 1. The van der Waals surface area contributed by atoms with Gasteiger partial charge in [-0.25, -0.2) is 9.97 Å². The molecule has 1 aliphatic heterocycles. The second-order valence-electron chi connectivity index (χ2n) is 8.55. The number of amides is 1. The van der Waals surface area contributed by atoms with Crippen LogP contribution in [-0.2, 0) is 4.79 Å². The molecule has 0 aliphatic carbocycles. The molecule has 3 rings (SSSR count). The van der Waals surface area contributed by atoms with Gasteiger partial charge in [-0.05, 0) is 36.3 Å². The smallest absolute Gasteiger partial charge is 0.225 e. The van der Waals surface area contributed by atoms with Crippen LogP contribution >= 0.6 is 0 Å². The topological polar surface area (TPSA) is 58.1 Å². The third-order valence-corrected chi connectivity index (χ3v) is 5.04. The first-order chi connectivity index (χ1) is 12.9. The molecular formula is C22H30N4O. The van der Waals surface area contributed by atoms with Crippen molar-refractivity contribution in [2.45, 2.75) is 46.1 Å². The van der Waals surface area contributed by atoms with Crippen LogP contribution in [0, 0.1) is 11.3 Å². The molecule has 2 aromatic rings. The molecule has 1 atom stereocenters. The fourth-order valence-electron chi connectivity index (χ4n) is 3.64. The summed E-state index contributed by atoms with van der Waals surface area (Å²) in [6.45, 7) is 8.28. The summed E-state index contributed by atoms with van der Waals surface area (Å²) < 4.78 is 0. The zero-order valence-electron chi connectivity index (χ0n) is 16.6. The lowest BCUT2D eigenvalue weighted by atomic mass is 9.85. The van der Waals surface area contributed by atoms with Crippen molar-refractivity contribution in [2.75, 3.05) is 18.0 Å². The van der Waals surface area contributed by atoms with Crippen LogP contribution in [0.15, 0.2) is 48.8 Å². The molecule has 144 valence electrons. The molecule has 1 amide bonds. The van der Waals surface area contributed by atoms with Gasteiger partial charge < -0.3 is 10.2 Å². The Balaban J connectivity index is 1.61. The maximum absolute atomic E-state index is 12.9. The first-order valence-corrected chi connectivity index (χ1v) is 9.80. The van der Waals surface area contributed by atoms with Crippen molar-refractivity contribution in [2.24, 2.45) is 11.3 Å². The summed E-state index contributed by atoms with van der Waals surface area (Å²) in [7, 11) is 0. The van der Waals surface area contributed by atoms with Crippen molar-refractivity contribution >= 4 is 11.9 Å². The Morgan fingerprint density at radius 3 is 2.33 bits per heavy atom. The van der Waals surface area contributed by atoms with E-state index in [1.165, 1.54) is 5.56 Å². The molecule has 0 saturated carbocycles. The van der Waals surface area contributed by atoms with Crippen molar-refractivity contribution in [1.82, 2.24) is 15.3 Å². The Kier molecular flexibility index (Phi) is 6.09. The lowest BCUT2D eigenvalue weighted by Crippen LogP contribution is -2.42. The molecule has 1 unspecified atom stereocenters. The van der Waals surface area contributed by atoms with E-state index in [9.17, 15) is 4.79 Å². The van der Waals surface area contributed by atoms with Crippen LogP contribution in [0.1, 0.15) is 51.6 Å². The van der Waals surface area contributed by atoms with Crippen molar-refractivity contribution in [3.63, 3.8) is 0 Å². The first kappa shape index (κ1) is 19.3. The summed E-state index contributed by atoms with van der Waals surface area (Å²) in [6, 6.07) is 12.2. The minimum Gasteiger partial charge on any atom is -0.349 e. The number of nitrogens with one attached hydrogen (secondary N) is 1. The number of carbonyl (C=O) groups excluding carboxylic acids is 1. The molecule has 0 bridgehead atoms. The van der Waals surface area contributed by atoms with Crippen LogP contribution in [0.25, 0.3) is 0 Å². The maximum atomic E-state index is 12.9. The van der Waals surface area contributed by atoms with Gasteiger partial charge in [-0.1, -0.05) is 51.1 Å². The predicted molar refractivity (Wildman–Crippen MR) is 108 cm³/mol. The molecule has 2 heterocycles.